The van der Waals surface area contributed by atoms with E-state index in [0.29, 0.717) is 5.88 Å². The molecule has 0 unspecified atom stereocenters. The molecule has 0 amide bonds. The van der Waals surface area contributed by atoms with Crippen LogP contribution in [0.1, 0.15) is 43.5 Å². The van der Waals surface area contributed by atoms with Crippen molar-refractivity contribution in [3.63, 3.8) is 0 Å². The fraction of sp³-hybridized carbons (Fsp3) is 0.667. The van der Waals surface area contributed by atoms with Gasteiger partial charge in [0.15, 0.2) is 0 Å². The fourth-order valence-corrected chi connectivity index (χ4v) is 3.14. The molecule has 0 aliphatic heterocycles. The van der Waals surface area contributed by atoms with Crippen LogP contribution < -0.4 is 10.1 Å². The zero-order valence-electron chi connectivity index (χ0n) is 11.8. The molecule has 1 aliphatic carbocycles. The van der Waals surface area contributed by atoms with E-state index in [2.05, 4.69) is 10.3 Å². The molecule has 3 nitrogen and oxygen atoms in total. The van der Waals surface area contributed by atoms with E-state index in [4.69, 9.17) is 16.3 Å². The first-order valence-electron chi connectivity index (χ1n) is 7.00. The van der Waals surface area contributed by atoms with E-state index < -0.39 is 0 Å². The number of alkyl halides is 1. The molecular formula is C15H23ClN2O. The van der Waals surface area contributed by atoms with Gasteiger partial charge in [-0.15, -0.1) is 11.6 Å². The molecule has 0 aromatic carbocycles. The van der Waals surface area contributed by atoms with Gasteiger partial charge in [-0.3, -0.25) is 4.98 Å². The summed E-state index contributed by atoms with van der Waals surface area (Å²) in [4.78, 5) is 4.55. The zero-order valence-corrected chi connectivity index (χ0v) is 12.6. The number of pyridine rings is 1. The maximum absolute atomic E-state index is 6.19. The predicted molar refractivity (Wildman–Crippen MR) is 78.9 cm³/mol. The maximum atomic E-state index is 6.19. The van der Waals surface area contributed by atoms with Crippen LogP contribution in [0.15, 0.2) is 12.1 Å². The van der Waals surface area contributed by atoms with Crippen LogP contribution in [-0.4, -0.2) is 23.5 Å². The average Bonchev–Trinajstić information content (AvgIpc) is 2.45. The highest BCUT2D eigenvalue weighted by Gasteiger charge is 2.30. The molecule has 0 radical (unpaired) electrons. The SMILES string of the molecule is COc1cc(C)nc(CNC2(CCl)CCCCC2)c1. The van der Waals surface area contributed by atoms with Gasteiger partial charge in [-0.2, -0.15) is 0 Å². The van der Waals surface area contributed by atoms with Crippen molar-refractivity contribution in [1.82, 2.24) is 10.3 Å². The number of hydrogen-bond acceptors (Lipinski definition) is 3. The lowest BCUT2D eigenvalue weighted by molar-refractivity contribution is 0.255. The van der Waals surface area contributed by atoms with Gasteiger partial charge in [-0.1, -0.05) is 19.3 Å². The summed E-state index contributed by atoms with van der Waals surface area (Å²) in [7, 11) is 1.69. The molecule has 1 aliphatic rings. The summed E-state index contributed by atoms with van der Waals surface area (Å²) in [5.74, 6) is 1.54. The molecule has 106 valence electrons. The first kappa shape index (κ1) is 14.6. The monoisotopic (exact) mass is 282 g/mol. The number of aryl methyl sites for hydroxylation is 1. The molecule has 2 rings (SSSR count). The van der Waals surface area contributed by atoms with Gasteiger partial charge in [0.1, 0.15) is 5.75 Å². The van der Waals surface area contributed by atoms with E-state index in [1.165, 1.54) is 32.1 Å². The summed E-state index contributed by atoms with van der Waals surface area (Å²) < 4.78 is 5.29. The van der Waals surface area contributed by atoms with Crippen molar-refractivity contribution in [2.75, 3.05) is 13.0 Å². The summed E-state index contributed by atoms with van der Waals surface area (Å²) in [6.45, 7) is 2.74. The van der Waals surface area contributed by atoms with Crippen LogP contribution in [0, 0.1) is 6.92 Å². The van der Waals surface area contributed by atoms with E-state index in [1.54, 1.807) is 7.11 Å². The molecule has 0 saturated heterocycles. The highest BCUT2D eigenvalue weighted by molar-refractivity contribution is 6.18. The highest BCUT2D eigenvalue weighted by Crippen LogP contribution is 2.29. The number of nitrogens with zero attached hydrogens (tertiary/aromatic N) is 1. The number of rotatable bonds is 5. The number of aromatic nitrogens is 1. The van der Waals surface area contributed by atoms with Crippen LogP contribution in [0.4, 0.5) is 0 Å². The minimum atomic E-state index is 0.0957. The first-order chi connectivity index (χ1) is 9.17. The average molecular weight is 283 g/mol. The second kappa shape index (κ2) is 6.58. The molecule has 1 aromatic rings. The van der Waals surface area contributed by atoms with E-state index in [1.807, 2.05) is 19.1 Å². The Kier molecular flexibility index (Phi) is 5.06. The topological polar surface area (TPSA) is 34.1 Å². The molecule has 1 fully saturated rings. The van der Waals surface area contributed by atoms with Crippen molar-refractivity contribution >= 4 is 11.6 Å². The third kappa shape index (κ3) is 3.83. The van der Waals surface area contributed by atoms with Crippen LogP contribution in [0.5, 0.6) is 5.75 Å². The first-order valence-corrected chi connectivity index (χ1v) is 7.53. The Morgan fingerprint density at radius 1 is 1.32 bits per heavy atom. The van der Waals surface area contributed by atoms with E-state index in [-0.39, 0.29) is 5.54 Å². The molecular weight excluding hydrogens is 260 g/mol. The van der Waals surface area contributed by atoms with E-state index in [9.17, 15) is 0 Å². The Balaban J connectivity index is 2.02. The minimum absolute atomic E-state index is 0.0957. The Hall–Kier alpha value is -0.800. The van der Waals surface area contributed by atoms with Crippen molar-refractivity contribution in [3.8, 4) is 5.75 Å². The van der Waals surface area contributed by atoms with Crippen LogP contribution in [0.25, 0.3) is 0 Å². The number of ether oxygens (including phenoxy) is 1. The Morgan fingerprint density at radius 2 is 2.05 bits per heavy atom. The summed E-state index contributed by atoms with van der Waals surface area (Å²) in [6.07, 6.45) is 6.20. The quantitative estimate of drug-likeness (QED) is 0.840. The molecule has 0 spiro atoms. The smallest absolute Gasteiger partial charge is 0.122 e. The summed E-state index contributed by atoms with van der Waals surface area (Å²) in [5, 5.41) is 3.63. The summed E-state index contributed by atoms with van der Waals surface area (Å²) in [5.41, 5.74) is 2.10. The fourth-order valence-electron chi connectivity index (χ4n) is 2.78. The minimum Gasteiger partial charge on any atom is -0.497 e. The van der Waals surface area contributed by atoms with Gasteiger partial charge >= 0.3 is 0 Å². The number of nitrogens with one attached hydrogen (secondary N) is 1. The third-order valence-corrected chi connectivity index (χ3v) is 4.44. The van der Waals surface area contributed by atoms with Crippen molar-refractivity contribution < 1.29 is 4.74 Å². The Bertz CT molecular complexity index is 417. The van der Waals surface area contributed by atoms with Crippen molar-refractivity contribution in [1.29, 1.82) is 0 Å². The summed E-state index contributed by atoms with van der Waals surface area (Å²) >= 11 is 6.19. The molecule has 4 heteroatoms. The third-order valence-electron chi connectivity index (χ3n) is 3.93. The lowest BCUT2D eigenvalue weighted by atomic mass is 9.83. The molecule has 1 saturated carbocycles. The number of hydrogen-bond donors (Lipinski definition) is 1. The van der Waals surface area contributed by atoms with E-state index in [0.717, 1.165) is 23.7 Å². The van der Waals surface area contributed by atoms with Gasteiger partial charge in [0.25, 0.3) is 0 Å². The highest BCUT2D eigenvalue weighted by atomic mass is 35.5. The molecule has 1 N–H and O–H groups in total. The zero-order chi connectivity index (χ0) is 13.7. The van der Waals surface area contributed by atoms with Gasteiger partial charge in [0.05, 0.1) is 12.8 Å². The van der Waals surface area contributed by atoms with Gasteiger partial charge in [-0.25, -0.2) is 0 Å². The second-order valence-electron chi connectivity index (χ2n) is 5.47. The van der Waals surface area contributed by atoms with Crippen LogP contribution in [0.3, 0.4) is 0 Å². The largest absolute Gasteiger partial charge is 0.497 e. The van der Waals surface area contributed by atoms with Crippen molar-refractivity contribution in [2.24, 2.45) is 0 Å². The van der Waals surface area contributed by atoms with Gasteiger partial charge < -0.3 is 10.1 Å². The molecule has 1 heterocycles. The summed E-state index contributed by atoms with van der Waals surface area (Å²) in [6, 6.07) is 3.94. The molecule has 19 heavy (non-hydrogen) atoms. The van der Waals surface area contributed by atoms with Crippen LogP contribution in [0.2, 0.25) is 0 Å². The van der Waals surface area contributed by atoms with Crippen LogP contribution in [-0.2, 0) is 6.54 Å². The second-order valence-corrected chi connectivity index (χ2v) is 5.74. The lowest BCUT2D eigenvalue weighted by Gasteiger charge is -2.36. The van der Waals surface area contributed by atoms with Gasteiger partial charge in [-0.05, 0) is 19.8 Å². The van der Waals surface area contributed by atoms with E-state index >= 15 is 0 Å². The standard InChI is InChI=1S/C15H23ClN2O/c1-12-8-14(19-2)9-13(18-12)10-17-15(11-16)6-4-3-5-7-15/h8-9,17H,3-7,10-11H2,1-2H3. The molecule has 1 aromatic heterocycles. The Morgan fingerprint density at radius 3 is 2.68 bits per heavy atom. The van der Waals surface area contributed by atoms with Crippen molar-refractivity contribution in [2.45, 2.75) is 51.1 Å². The number of methoxy groups -OCH3 is 1. The predicted octanol–water partition coefficient (Wildman–Crippen LogP) is 3.43. The lowest BCUT2D eigenvalue weighted by Crippen LogP contribution is -2.48. The van der Waals surface area contributed by atoms with Gasteiger partial charge in [0.2, 0.25) is 0 Å². The van der Waals surface area contributed by atoms with Crippen LogP contribution >= 0.6 is 11.6 Å². The Labute approximate surface area is 120 Å². The van der Waals surface area contributed by atoms with Crippen molar-refractivity contribution in [3.05, 3.63) is 23.5 Å². The molecule has 0 atom stereocenters. The maximum Gasteiger partial charge on any atom is 0.122 e. The number of halogens is 1. The normalized spacial score (nSPS) is 18.3. The van der Waals surface area contributed by atoms with Gasteiger partial charge in [0, 0.05) is 35.8 Å². The molecule has 0 bridgehead atoms.